The number of esters is 1. The number of methoxy groups -OCH3 is 1. The Balaban J connectivity index is 1.89. The molecule has 0 fully saturated rings. The van der Waals surface area contributed by atoms with Crippen LogP contribution in [0.4, 0.5) is 5.69 Å². The molecule has 0 aliphatic carbocycles. The minimum atomic E-state index is -0.843. The maximum Gasteiger partial charge on any atom is 0.329 e. The molecule has 2 rings (SSSR count). The summed E-state index contributed by atoms with van der Waals surface area (Å²) in [6, 6.07) is 9.41. The molecule has 1 heterocycles. The summed E-state index contributed by atoms with van der Waals surface area (Å²) in [4.78, 5) is 37.0. The van der Waals surface area contributed by atoms with Gasteiger partial charge in [0.25, 0.3) is 11.8 Å². The molecule has 1 atom stereocenters. The first kappa shape index (κ1) is 20.4. The number of carbonyl (C=O) groups excluding carboxylic acids is 3. The van der Waals surface area contributed by atoms with Crippen LogP contribution in [-0.4, -0.2) is 37.5 Å². The van der Waals surface area contributed by atoms with Crippen LogP contribution in [0.1, 0.15) is 23.5 Å². The molecule has 1 aromatic carbocycles. The van der Waals surface area contributed by atoms with E-state index in [-0.39, 0.29) is 11.8 Å². The molecule has 0 saturated carbocycles. The molecule has 0 saturated heterocycles. The van der Waals surface area contributed by atoms with Crippen LogP contribution < -0.4 is 15.4 Å². The molecule has 144 valence electrons. The number of nitrogens with one attached hydrogen (secondary N) is 2. The van der Waals surface area contributed by atoms with Gasteiger partial charge in [-0.05, 0) is 29.5 Å². The van der Waals surface area contributed by atoms with Gasteiger partial charge in [0.1, 0.15) is 11.8 Å². The third kappa shape index (κ3) is 6.10. The molecule has 0 bridgehead atoms. The summed E-state index contributed by atoms with van der Waals surface area (Å²) in [5.74, 6) is -1.08. The predicted octanol–water partition coefficient (Wildman–Crippen LogP) is 2.69. The molecule has 2 aromatic rings. The van der Waals surface area contributed by atoms with E-state index in [0.29, 0.717) is 16.3 Å². The number of hydrogen-bond acceptors (Lipinski definition) is 6. The highest BCUT2D eigenvalue weighted by Crippen LogP contribution is 2.16. The number of hydrogen-bond donors (Lipinski definition) is 2. The van der Waals surface area contributed by atoms with Crippen molar-refractivity contribution in [2.45, 2.75) is 19.9 Å². The van der Waals surface area contributed by atoms with Gasteiger partial charge in [0, 0.05) is 11.8 Å². The van der Waals surface area contributed by atoms with Gasteiger partial charge in [0.15, 0.2) is 6.61 Å². The van der Waals surface area contributed by atoms with Crippen molar-refractivity contribution in [3.8, 4) is 5.75 Å². The van der Waals surface area contributed by atoms with Gasteiger partial charge < -0.3 is 20.1 Å². The third-order valence-corrected chi connectivity index (χ3v) is 4.52. The van der Waals surface area contributed by atoms with Crippen LogP contribution in [0.3, 0.4) is 0 Å². The summed E-state index contributed by atoms with van der Waals surface area (Å²) < 4.78 is 10.2. The molecule has 0 unspecified atom stereocenters. The first-order chi connectivity index (χ1) is 12.9. The number of benzene rings is 1. The Hall–Kier alpha value is -2.87. The Kier molecular flexibility index (Phi) is 7.36. The summed E-state index contributed by atoms with van der Waals surface area (Å²) in [5.41, 5.74) is 0.529. The lowest BCUT2D eigenvalue weighted by molar-refractivity contribution is -0.150. The zero-order valence-corrected chi connectivity index (χ0v) is 16.2. The van der Waals surface area contributed by atoms with E-state index in [1.54, 1.807) is 55.6 Å². The van der Waals surface area contributed by atoms with Gasteiger partial charge in [-0.2, -0.15) is 0 Å². The van der Waals surface area contributed by atoms with Crippen LogP contribution in [0, 0.1) is 5.92 Å². The number of thiophene rings is 1. The largest absolute Gasteiger partial charge is 0.497 e. The average molecular weight is 390 g/mol. The Bertz CT molecular complexity index is 789. The van der Waals surface area contributed by atoms with E-state index in [1.165, 1.54) is 18.4 Å². The Morgan fingerprint density at radius 2 is 1.93 bits per heavy atom. The molecule has 8 heteroatoms. The highest BCUT2D eigenvalue weighted by atomic mass is 32.1. The van der Waals surface area contributed by atoms with E-state index in [9.17, 15) is 14.4 Å². The summed E-state index contributed by atoms with van der Waals surface area (Å²) in [5, 5.41) is 7.06. The van der Waals surface area contributed by atoms with E-state index in [2.05, 4.69) is 10.6 Å². The predicted molar refractivity (Wildman–Crippen MR) is 103 cm³/mol. The van der Waals surface area contributed by atoms with Crippen molar-refractivity contribution >= 4 is 34.8 Å². The topological polar surface area (TPSA) is 93.7 Å². The second-order valence-electron chi connectivity index (χ2n) is 6.06. The lowest BCUT2D eigenvalue weighted by atomic mass is 10.0. The lowest BCUT2D eigenvalue weighted by Crippen LogP contribution is -2.45. The first-order valence-corrected chi connectivity index (χ1v) is 9.23. The van der Waals surface area contributed by atoms with Gasteiger partial charge in [-0.15, -0.1) is 11.3 Å². The van der Waals surface area contributed by atoms with E-state index in [4.69, 9.17) is 9.47 Å². The second kappa shape index (κ2) is 9.72. The molecule has 0 aliphatic heterocycles. The van der Waals surface area contributed by atoms with Crippen molar-refractivity contribution in [1.82, 2.24) is 5.32 Å². The Morgan fingerprint density at radius 3 is 2.56 bits per heavy atom. The van der Waals surface area contributed by atoms with Crippen molar-refractivity contribution in [3.63, 3.8) is 0 Å². The normalized spacial score (nSPS) is 11.6. The fraction of sp³-hybridized carbons (Fsp3) is 0.316. The van der Waals surface area contributed by atoms with Gasteiger partial charge in [-0.1, -0.05) is 26.0 Å². The van der Waals surface area contributed by atoms with Crippen LogP contribution in [0.15, 0.2) is 41.8 Å². The molecule has 0 aliphatic rings. The molecular formula is C19H22N2O5S. The van der Waals surface area contributed by atoms with Crippen LogP contribution in [0.25, 0.3) is 0 Å². The fourth-order valence-corrected chi connectivity index (χ4v) is 2.87. The number of amides is 2. The monoisotopic (exact) mass is 390 g/mol. The van der Waals surface area contributed by atoms with E-state index >= 15 is 0 Å². The summed E-state index contributed by atoms with van der Waals surface area (Å²) in [7, 11) is 1.53. The van der Waals surface area contributed by atoms with Crippen LogP contribution in [0.2, 0.25) is 0 Å². The van der Waals surface area contributed by atoms with Crippen LogP contribution >= 0.6 is 11.3 Å². The lowest BCUT2D eigenvalue weighted by Gasteiger charge is -2.20. The summed E-state index contributed by atoms with van der Waals surface area (Å²) in [6.07, 6.45) is 0. The third-order valence-electron chi connectivity index (χ3n) is 3.65. The van der Waals surface area contributed by atoms with Gasteiger partial charge in [0.05, 0.1) is 12.0 Å². The SMILES string of the molecule is COc1cccc(NC(=O)COC(=O)[C@H](NC(=O)c2cccs2)C(C)C)c1. The zero-order chi connectivity index (χ0) is 19.8. The number of rotatable bonds is 8. The van der Waals surface area contributed by atoms with Crippen molar-refractivity contribution in [3.05, 3.63) is 46.7 Å². The van der Waals surface area contributed by atoms with Crippen LogP contribution in [0.5, 0.6) is 5.75 Å². The molecule has 7 nitrogen and oxygen atoms in total. The molecular weight excluding hydrogens is 368 g/mol. The fourth-order valence-electron chi connectivity index (χ4n) is 2.24. The molecule has 1 aromatic heterocycles. The Morgan fingerprint density at radius 1 is 1.15 bits per heavy atom. The molecule has 27 heavy (non-hydrogen) atoms. The van der Waals surface area contributed by atoms with Gasteiger partial charge >= 0.3 is 5.97 Å². The molecule has 0 spiro atoms. The smallest absolute Gasteiger partial charge is 0.329 e. The highest BCUT2D eigenvalue weighted by Gasteiger charge is 2.27. The Labute approximate surface area is 161 Å². The quantitative estimate of drug-likeness (QED) is 0.676. The first-order valence-electron chi connectivity index (χ1n) is 8.35. The summed E-state index contributed by atoms with van der Waals surface area (Å²) in [6.45, 7) is 3.13. The van der Waals surface area contributed by atoms with Crippen molar-refractivity contribution in [2.75, 3.05) is 19.0 Å². The number of ether oxygens (including phenoxy) is 2. The minimum Gasteiger partial charge on any atom is -0.497 e. The standard InChI is InChI=1S/C19H22N2O5S/c1-12(2)17(21-18(23)15-8-5-9-27-15)19(24)26-11-16(22)20-13-6-4-7-14(10-13)25-3/h4-10,12,17H,11H2,1-3H3,(H,20,22)(H,21,23)/t17-/m1/s1. The highest BCUT2D eigenvalue weighted by molar-refractivity contribution is 7.12. The van der Waals surface area contributed by atoms with Gasteiger partial charge in [0.2, 0.25) is 0 Å². The second-order valence-corrected chi connectivity index (χ2v) is 7.01. The van der Waals surface area contributed by atoms with Crippen molar-refractivity contribution < 1.29 is 23.9 Å². The van der Waals surface area contributed by atoms with Gasteiger partial charge in [-0.25, -0.2) is 4.79 Å². The maximum atomic E-state index is 12.3. The molecule has 2 N–H and O–H groups in total. The minimum absolute atomic E-state index is 0.192. The number of anilines is 1. The average Bonchev–Trinajstić information content (AvgIpc) is 3.18. The summed E-state index contributed by atoms with van der Waals surface area (Å²) >= 11 is 1.28. The number of carbonyl (C=O) groups is 3. The van der Waals surface area contributed by atoms with E-state index < -0.39 is 24.5 Å². The zero-order valence-electron chi connectivity index (χ0n) is 15.4. The molecule has 0 radical (unpaired) electrons. The van der Waals surface area contributed by atoms with E-state index in [1.807, 2.05) is 0 Å². The van der Waals surface area contributed by atoms with Gasteiger partial charge in [-0.3, -0.25) is 9.59 Å². The molecule has 2 amide bonds. The van der Waals surface area contributed by atoms with Crippen molar-refractivity contribution in [2.24, 2.45) is 5.92 Å². The maximum absolute atomic E-state index is 12.3. The van der Waals surface area contributed by atoms with Crippen molar-refractivity contribution in [1.29, 1.82) is 0 Å². The van der Waals surface area contributed by atoms with E-state index in [0.717, 1.165) is 0 Å². The van der Waals surface area contributed by atoms with Crippen LogP contribution in [-0.2, 0) is 14.3 Å².